The predicted octanol–water partition coefficient (Wildman–Crippen LogP) is 0.431. The van der Waals surface area contributed by atoms with Crippen molar-refractivity contribution in [2.24, 2.45) is 0 Å². The van der Waals surface area contributed by atoms with E-state index in [1.165, 1.54) is 14.2 Å². The van der Waals surface area contributed by atoms with E-state index in [1.54, 1.807) is 0 Å². The summed E-state index contributed by atoms with van der Waals surface area (Å²) in [7, 11) is 2.81. The van der Waals surface area contributed by atoms with Gasteiger partial charge in [-0.15, -0.1) is 4.98 Å². The van der Waals surface area contributed by atoms with Gasteiger partial charge in [-0.1, -0.05) is 30.3 Å². The fourth-order valence-corrected chi connectivity index (χ4v) is 1.81. The van der Waals surface area contributed by atoms with Crippen LogP contribution >= 0.6 is 0 Å². The molecule has 138 valence electrons. The Bertz CT molecular complexity index is 719. The van der Waals surface area contributed by atoms with E-state index >= 15 is 0 Å². The van der Waals surface area contributed by atoms with Gasteiger partial charge < -0.3 is 24.8 Å². The van der Waals surface area contributed by atoms with Crippen molar-refractivity contribution in [2.45, 2.75) is 13.2 Å². The molecule has 2 N–H and O–H groups in total. The lowest BCUT2D eigenvalue weighted by molar-refractivity contribution is -0.120. The minimum Gasteiger partial charge on any atom is -0.467 e. The quantitative estimate of drug-likeness (QED) is 0.694. The molecule has 0 atom stereocenters. The summed E-state index contributed by atoms with van der Waals surface area (Å²) >= 11 is 0. The summed E-state index contributed by atoms with van der Waals surface area (Å²) in [4.78, 5) is 35.2. The van der Waals surface area contributed by atoms with Crippen molar-refractivity contribution < 1.29 is 23.8 Å². The highest BCUT2D eigenvalue weighted by Crippen LogP contribution is 2.08. The molecule has 0 unspecified atom stereocenters. The standard InChI is InChI=1S/C16H19N5O5/c1-24-14-19-12(20-15(21-14)25-2)8-17-13(22)9-18-16(23)26-10-11-6-4-3-5-7-11/h3-7H,8-10H2,1-2H3,(H,17,22)(H,18,23). The lowest BCUT2D eigenvalue weighted by Gasteiger charge is -2.08. The van der Waals surface area contributed by atoms with E-state index in [4.69, 9.17) is 14.2 Å². The SMILES string of the molecule is COc1nc(CNC(=O)CNC(=O)OCc2ccccc2)nc(OC)n1. The van der Waals surface area contributed by atoms with Crippen LogP contribution in [0.3, 0.4) is 0 Å². The van der Waals surface area contributed by atoms with Crippen molar-refractivity contribution in [3.63, 3.8) is 0 Å². The largest absolute Gasteiger partial charge is 0.467 e. The van der Waals surface area contributed by atoms with E-state index in [0.717, 1.165) is 5.56 Å². The second-order valence-corrected chi connectivity index (χ2v) is 4.92. The zero-order valence-corrected chi connectivity index (χ0v) is 14.4. The number of alkyl carbamates (subject to hydrolysis) is 1. The number of methoxy groups -OCH3 is 2. The first-order valence-corrected chi connectivity index (χ1v) is 7.65. The molecule has 2 rings (SSSR count). The van der Waals surface area contributed by atoms with E-state index in [-0.39, 0.29) is 37.5 Å². The van der Waals surface area contributed by atoms with Crippen LogP contribution in [0, 0.1) is 0 Å². The number of carbonyl (C=O) groups is 2. The number of carbonyl (C=O) groups excluding carboxylic acids is 2. The van der Waals surface area contributed by atoms with Gasteiger partial charge in [0.15, 0.2) is 5.82 Å². The molecule has 0 saturated carbocycles. The highest BCUT2D eigenvalue weighted by molar-refractivity contribution is 5.81. The van der Waals surface area contributed by atoms with Crippen LogP contribution in [-0.4, -0.2) is 47.7 Å². The zero-order chi connectivity index (χ0) is 18.8. The van der Waals surface area contributed by atoms with Crippen molar-refractivity contribution in [3.8, 4) is 12.0 Å². The molecule has 0 radical (unpaired) electrons. The number of nitrogens with zero attached hydrogens (tertiary/aromatic N) is 3. The summed E-state index contributed by atoms with van der Waals surface area (Å²) in [5.41, 5.74) is 0.852. The van der Waals surface area contributed by atoms with Gasteiger partial charge in [0.05, 0.1) is 20.8 Å². The molecule has 2 amide bonds. The van der Waals surface area contributed by atoms with Crippen molar-refractivity contribution in [3.05, 3.63) is 41.7 Å². The van der Waals surface area contributed by atoms with E-state index in [9.17, 15) is 9.59 Å². The summed E-state index contributed by atoms with van der Waals surface area (Å²) in [6.07, 6.45) is -0.687. The molecule has 2 aromatic rings. The Labute approximate surface area is 149 Å². The van der Waals surface area contributed by atoms with Crippen molar-refractivity contribution >= 4 is 12.0 Å². The Hall–Kier alpha value is -3.43. The van der Waals surface area contributed by atoms with Crippen LogP contribution in [0.5, 0.6) is 12.0 Å². The van der Waals surface area contributed by atoms with Crippen LogP contribution in [0.2, 0.25) is 0 Å². The molecule has 0 saturated heterocycles. The molecule has 0 bridgehead atoms. The molecule has 10 heteroatoms. The first-order valence-electron chi connectivity index (χ1n) is 7.65. The maximum absolute atomic E-state index is 11.8. The molecule has 1 aromatic carbocycles. The van der Waals surface area contributed by atoms with Gasteiger partial charge in [-0.05, 0) is 5.56 Å². The van der Waals surface area contributed by atoms with Crippen LogP contribution in [0.1, 0.15) is 11.4 Å². The van der Waals surface area contributed by atoms with Crippen LogP contribution in [0.15, 0.2) is 30.3 Å². The Morgan fingerprint density at radius 1 is 0.962 bits per heavy atom. The molecule has 1 aromatic heterocycles. The third kappa shape index (κ3) is 6.23. The second-order valence-electron chi connectivity index (χ2n) is 4.92. The van der Waals surface area contributed by atoms with Gasteiger partial charge in [0, 0.05) is 0 Å². The number of hydrogen-bond acceptors (Lipinski definition) is 8. The van der Waals surface area contributed by atoms with Crippen LogP contribution in [0.25, 0.3) is 0 Å². The van der Waals surface area contributed by atoms with Gasteiger partial charge in [-0.2, -0.15) is 9.97 Å². The summed E-state index contributed by atoms with van der Waals surface area (Å²) in [6, 6.07) is 9.36. The number of rotatable bonds is 8. The Morgan fingerprint density at radius 2 is 1.62 bits per heavy atom. The van der Waals surface area contributed by atoms with E-state index in [1.807, 2.05) is 30.3 Å². The number of amides is 2. The van der Waals surface area contributed by atoms with E-state index in [0.29, 0.717) is 0 Å². The van der Waals surface area contributed by atoms with Crippen molar-refractivity contribution in [2.75, 3.05) is 20.8 Å². The molecular weight excluding hydrogens is 342 g/mol. The zero-order valence-electron chi connectivity index (χ0n) is 14.4. The Kier molecular flexibility index (Phi) is 7.10. The van der Waals surface area contributed by atoms with Gasteiger partial charge in [0.2, 0.25) is 5.91 Å². The summed E-state index contributed by atoms with van der Waals surface area (Å²) in [5.74, 6) is -0.172. The number of nitrogens with one attached hydrogen (secondary N) is 2. The van der Waals surface area contributed by atoms with Crippen molar-refractivity contribution in [1.29, 1.82) is 0 Å². The average molecular weight is 361 g/mol. The smallest absolute Gasteiger partial charge is 0.407 e. The van der Waals surface area contributed by atoms with Crippen molar-refractivity contribution in [1.82, 2.24) is 25.6 Å². The molecule has 1 heterocycles. The van der Waals surface area contributed by atoms with Gasteiger partial charge in [-0.25, -0.2) is 4.79 Å². The summed E-state index contributed by atoms with van der Waals surface area (Å²) < 4.78 is 14.8. The lowest BCUT2D eigenvalue weighted by Crippen LogP contribution is -2.37. The van der Waals surface area contributed by atoms with E-state index in [2.05, 4.69) is 25.6 Å². The first kappa shape index (κ1) is 18.9. The highest BCUT2D eigenvalue weighted by Gasteiger charge is 2.10. The molecule has 0 aliphatic heterocycles. The molecule has 0 aliphatic carbocycles. The molecule has 10 nitrogen and oxygen atoms in total. The molecular formula is C16H19N5O5. The Morgan fingerprint density at radius 3 is 2.23 bits per heavy atom. The first-order chi connectivity index (χ1) is 12.6. The third-order valence-electron chi connectivity index (χ3n) is 3.06. The fourth-order valence-electron chi connectivity index (χ4n) is 1.81. The maximum Gasteiger partial charge on any atom is 0.407 e. The second kappa shape index (κ2) is 9.77. The summed E-state index contributed by atoms with van der Waals surface area (Å²) in [5, 5.41) is 4.92. The minimum atomic E-state index is -0.687. The van der Waals surface area contributed by atoms with Crippen LogP contribution in [0.4, 0.5) is 4.79 Å². The fraction of sp³-hybridized carbons (Fsp3) is 0.312. The third-order valence-corrected chi connectivity index (χ3v) is 3.06. The minimum absolute atomic E-state index is 0.0226. The lowest BCUT2D eigenvalue weighted by atomic mass is 10.2. The number of benzene rings is 1. The summed E-state index contributed by atoms with van der Waals surface area (Å²) in [6.45, 7) is -0.0967. The normalized spacial score (nSPS) is 9.92. The monoisotopic (exact) mass is 361 g/mol. The van der Waals surface area contributed by atoms with E-state index < -0.39 is 12.0 Å². The Balaban J connectivity index is 1.72. The number of hydrogen-bond donors (Lipinski definition) is 2. The molecule has 26 heavy (non-hydrogen) atoms. The molecule has 0 aliphatic rings. The van der Waals surface area contributed by atoms with Gasteiger partial charge in [-0.3, -0.25) is 4.79 Å². The number of ether oxygens (including phenoxy) is 3. The predicted molar refractivity (Wildman–Crippen MR) is 89.4 cm³/mol. The van der Waals surface area contributed by atoms with Crippen LogP contribution in [-0.2, 0) is 22.7 Å². The molecule has 0 fully saturated rings. The van der Waals surface area contributed by atoms with Gasteiger partial charge in [0.1, 0.15) is 13.2 Å². The molecule has 0 spiro atoms. The maximum atomic E-state index is 11.8. The topological polar surface area (TPSA) is 125 Å². The van der Waals surface area contributed by atoms with Gasteiger partial charge in [0.25, 0.3) is 0 Å². The highest BCUT2D eigenvalue weighted by atomic mass is 16.5. The van der Waals surface area contributed by atoms with Gasteiger partial charge >= 0.3 is 18.1 Å². The number of aromatic nitrogens is 3. The van der Waals surface area contributed by atoms with Crippen LogP contribution < -0.4 is 20.1 Å². The average Bonchev–Trinajstić information content (AvgIpc) is 2.69.